The average Bonchev–Trinajstić information content (AvgIpc) is 2.91. The number of carbonyl (C=O) groups excluding carboxylic acids is 1. The normalized spacial score (nSPS) is 18.5. The standard InChI is InChI=1S/C16H20N2OS.ClH/c17-9-8-12-5-3-4-10-18(12)16(19)14-11-20-15-7-2-1-6-13(14)15;/h1-2,6-7,11-12H,3-5,8-10,17H2;1H. The number of nitrogens with zero attached hydrogens (tertiary/aromatic N) is 1. The number of likely N-dealkylation sites (tertiary alicyclic amines) is 1. The maximum Gasteiger partial charge on any atom is 0.255 e. The fourth-order valence-electron chi connectivity index (χ4n) is 3.06. The van der Waals surface area contributed by atoms with Gasteiger partial charge in [0.2, 0.25) is 0 Å². The zero-order chi connectivity index (χ0) is 13.9. The quantitative estimate of drug-likeness (QED) is 0.936. The van der Waals surface area contributed by atoms with Crippen LogP contribution in [-0.4, -0.2) is 29.9 Å². The number of hydrogen-bond acceptors (Lipinski definition) is 3. The molecule has 0 saturated carbocycles. The second kappa shape index (κ2) is 7.25. The summed E-state index contributed by atoms with van der Waals surface area (Å²) in [5, 5.41) is 3.08. The Balaban J connectivity index is 0.00000161. The number of halogens is 1. The van der Waals surface area contributed by atoms with Crippen LogP contribution in [0.3, 0.4) is 0 Å². The number of carbonyl (C=O) groups is 1. The van der Waals surface area contributed by atoms with Crippen molar-refractivity contribution >= 4 is 39.7 Å². The van der Waals surface area contributed by atoms with Crippen molar-refractivity contribution in [1.29, 1.82) is 0 Å². The summed E-state index contributed by atoms with van der Waals surface area (Å²) in [6.45, 7) is 1.52. The molecule has 5 heteroatoms. The Labute approximate surface area is 135 Å². The predicted molar refractivity (Wildman–Crippen MR) is 91.4 cm³/mol. The zero-order valence-electron chi connectivity index (χ0n) is 12.0. The molecule has 2 N–H and O–H groups in total. The van der Waals surface area contributed by atoms with E-state index in [2.05, 4.69) is 6.07 Å². The van der Waals surface area contributed by atoms with Crippen molar-refractivity contribution in [2.75, 3.05) is 13.1 Å². The smallest absolute Gasteiger partial charge is 0.255 e. The van der Waals surface area contributed by atoms with Gasteiger partial charge in [0.1, 0.15) is 0 Å². The Bertz CT molecular complexity index is 611. The SMILES string of the molecule is Cl.NCCC1CCCCN1C(=O)c1csc2ccccc12. The van der Waals surface area contributed by atoms with Gasteiger partial charge >= 0.3 is 0 Å². The van der Waals surface area contributed by atoms with Gasteiger partial charge in [-0.3, -0.25) is 4.79 Å². The van der Waals surface area contributed by atoms with E-state index in [0.717, 1.165) is 36.8 Å². The van der Waals surface area contributed by atoms with Gasteiger partial charge in [-0.2, -0.15) is 0 Å². The van der Waals surface area contributed by atoms with Gasteiger partial charge in [-0.25, -0.2) is 0 Å². The Morgan fingerprint density at radius 1 is 1.33 bits per heavy atom. The van der Waals surface area contributed by atoms with E-state index < -0.39 is 0 Å². The molecular formula is C16H21ClN2OS. The molecule has 2 aromatic rings. The maximum atomic E-state index is 12.9. The van der Waals surface area contributed by atoms with E-state index in [9.17, 15) is 4.79 Å². The fourth-order valence-corrected chi connectivity index (χ4v) is 3.99. The molecule has 1 aliphatic rings. The maximum absolute atomic E-state index is 12.9. The van der Waals surface area contributed by atoms with Gasteiger partial charge in [0.25, 0.3) is 5.91 Å². The van der Waals surface area contributed by atoms with Crippen molar-refractivity contribution < 1.29 is 4.79 Å². The third-order valence-electron chi connectivity index (χ3n) is 4.10. The third-order valence-corrected chi connectivity index (χ3v) is 5.06. The molecular weight excluding hydrogens is 304 g/mol. The summed E-state index contributed by atoms with van der Waals surface area (Å²) in [5.74, 6) is 0.181. The van der Waals surface area contributed by atoms with Crippen LogP contribution in [0.15, 0.2) is 29.6 Å². The van der Waals surface area contributed by atoms with Crippen molar-refractivity contribution in [2.24, 2.45) is 5.73 Å². The van der Waals surface area contributed by atoms with Gasteiger partial charge in [-0.1, -0.05) is 18.2 Å². The van der Waals surface area contributed by atoms with Crippen LogP contribution in [0.4, 0.5) is 0 Å². The minimum absolute atomic E-state index is 0. The highest BCUT2D eigenvalue weighted by atomic mass is 35.5. The van der Waals surface area contributed by atoms with Crippen molar-refractivity contribution in [3.63, 3.8) is 0 Å². The highest BCUT2D eigenvalue weighted by molar-refractivity contribution is 7.17. The molecule has 1 aromatic heterocycles. The van der Waals surface area contributed by atoms with Crippen molar-refractivity contribution in [2.45, 2.75) is 31.7 Å². The number of hydrogen-bond donors (Lipinski definition) is 1. The molecule has 21 heavy (non-hydrogen) atoms. The molecule has 0 radical (unpaired) electrons. The monoisotopic (exact) mass is 324 g/mol. The minimum Gasteiger partial charge on any atom is -0.336 e. The summed E-state index contributed by atoms with van der Waals surface area (Å²) >= 11 is 1.65. The van der Waals surface area contributed by atoms with E-state index in [4.69, 9.17) is 5.73 Å². The Hall–Kier alpha value is -1.10. The van der Waals surface area contributed by atoms with Crippen molar-refractivity contribution in [3.05, 3.63) is 35.2 Å². The molecule has 1 aliphatic heterocycles. The molecule has 0 bridgehead atoms. The zero-order valence-corrected chi connectivity index (χ0v) is 13.6. The molecule has 3 nitrogen and oxygen atoms in total. The molecule has 0 spiro atoms. The van der Waals surface area contributed by atoms with E-state index in [1.807, 2.05) is 28.5 Å². The first-order valence-corrected chi connectivity index (χ1v) is 8.16. The summed E-state index contributed by atoms with van der Waals surface area (Å²) in [5.41, 5.74) is 6.55. The summed E-state index contributed by atoms with van der Waals surface area (Å²) in [6.07, 6.45) is 4.31. The first-order chi connectivity index (χ1) is 9.81. The number of piperidine rings is 1. The Morgan fingerprint density at radius 2 is 2.14 bits per heavy atom. The molecule has 1 fully saturated rings. The number of rotatable bonds is 3. The Kier molecular flexibility index (Phi) is 5.62. The van der Waals surface area contributed by atoms with Gasteiger partial charge in [0, 0.05) is 28.1 Å². The van der Waals surface area contributed by atoms with E-state index in [-0.39, 0.29) is 18.3 Å². The third kappa shape index (κ3) is 3.23. The molecule has 114 valence electrons. The molecule has 1 aromatic carbocycles. The van der Waals surface area contributed by atoms with Crippen molar-refractivity contribution in [1.82, 2.24) is 4.90 Å². The highest BCUT2D eigenvalue weighted by Crippen LogP contribution is 2.29. The number of amides is 1. The first-order valence-electron chi connectivity index (χ1n) is 7.28. The van der Waals surface area contributed by atoms with E-state index in [1.165, 1.54) is 11.1 Å². The van der Waals surface area contributed by atoms with Crippen molar-refractivity contribution in [3.8, 4) is 0 Å². The molecule has 0 aliphatic carbocycles. The number of fused-ring (bicyclic) bond motifs is 1. The number of thiophene rings is 1. The lowest BCUT2D eigenvalue weighted by atomic mass is 9.98. The van der Waals surface area contributed by atoms with Gasteiger partial charge in [-0.15, -0.1) is 23.7 Å². The molecule has 1 atom stereocenters. The van der Waals surface area contributed by atoms with Gasteiger partial charge in [0.15, 0.2) is 0 Å². The lowest BCUT2D eigenvalue weighted by molar-refractivity contribution is 0.0607. The van der Waals surface area contributed by atoms with Gasteiger partial charge in [-0.05, 0) is 38.3 Å². The van der Waals surface area contributed by atoms with Crippen LogP contribution >= 0.6 is 23.7 Å². The van der Waals surface area contributed by atoms with Crippen LogP contribution in [0.2, 0.25) is 0 Å². The number of benzene rings is 1. The van der Waals surface area contributed by atoms with Gasteiger partial charge in [0.05, 0.1) is 5.56 Å². The van der Waals surface area contributed by atoms with Crippen LogP contribution in [0.5, 0.6) is 0 Å². The lowest BCUT2D eigenvalue weighted by Gasteiger charge is -2.35. The largest absolute Gasteiger partial charge is 0.336 e. The van der Waals surface area contributed by atoms with Gasteiger partial charge < -0.3 is 10.6 Å². The summed E-state index contributed by atoms with van der Waals surface area (Å²) < 4.78 is 1.18. The van der Waals surface area contributed by atoms with E-state index in [1.54, 1.807) is 11.3 Å². The van der Waals surface area contributed by atoms with Crippen LogP contribution in [-0.2, 0) is 0 Å². The van der Waals surface area contributed by atoms with E-state index in [0.29, 0.717) is 12.6 Å². The number of nitrogens with two attached hydrogens (primary N) is 1. The second-order valence-electron chi connectivity index (χ2n) is 5.37. The fraction of sp³-hybridized carbons (Fsp3) is 0.438. The predicted octanol–water partition coefficient (Wildman–Crippen LogP) is 3.67. The Morgan fingerprint density at radius 3 is 2.95 bits per heavy atom. The second-order valence-corrected chi connectivity index (χ2v) is 6.28. The molecule has 1 amide bonds. The molecule has 2 heterocycles. The highest BCUT2D eigenvalue weighted by Gasteiger charge is 2.28. The topological polar surface area (TPSA) is 46.3 Å². The van der Waals surface area contributed by atoms with Crippen LogP contribution in [0, 0.1) is 0 Å². The average molecular weight is 325 g/mol. The summed E-state index contributed by atoms with van der Waals surface area (Å²) in [7, 11) is 0. The van der Waals surface area contributed by atoms with E-state index >= 15 is 0 Å². The van der Waals surface area contributed by atoms with Crippen LogP contribution in [0.25, 0.3) is 10.1 Å². The molecule has 3 rings (SSSR count). The first kappa shape index (κ1) is 16.3. The minimum atomic E-state index is 0. The lowest BCUT2D eigenvalue weighted by Crippen LogP contribution is -2.44. The molecule has 1 saturated heterocycles. The van der Waals surface area contributed by atoms with Crippen LogP contribution in [0.1, 0.15) is 36.0 Å². The summed E-state index contributed by atoms with van der Waals surface area (Å²) in [6, 6.07) is 8.45. The van der Waals surface area contributed by atoms with Crippen LogP contribution < -0.4 is 5.73 Å². The summed E-state index contributed by atoms with van der Waals surface area (Å²) in [4.78, 5) is 14.9. The molecule has 1 unspecified atom stereocenters.